The SMILES string of the molecule is C=C(C=CCCCO)C(C)OC(=O)c1ccccc1. The van der Waals surface area contributed by atoms with Crippen molar-refractivity contribution in [3.63, 3.8) is 0 Å². The highest BCUT2D eigenvalue weighted by Crippen LogP contribution is 2.10. The summed E-state index contributed by atoms with van der Waals surface area (Å²) in [7, 11) is 0. The molecule has 0 spiro atoms. The highest BCUT2D eigenvalue weighted by atomic mass is 16.5. The van der Waals surface area contributed by atoms with Gasteiger partial charge in [-0.25, -0.2) is 4.79 Å². The highest BCUT2D eigenvalue weighted by molar-refractivity contribution is 5.89. The standard InChI is InChI=1S/C16H20O3/c1-13(9-5-4-8-12-17)14(2)19-16(18)15-10-6-3-7-11-15/h3,5-7,9-11,14,17H,1,4,8,12H2,2H3. The van der Waals surface area contributed by atoms with Gasteiger partial charge in [0, 0.05) is 6.61 Å². The summed E-state index contributed by atoms with van der Waals surface area (Å²) in [5.74, 6) is -0.349. The first-order valence-corrected chi connectivity index (χ1v) is 6.37. The van der Waals surface area contributed by atoms with Crippen molar-refractivity contribution >= 4 is 5.97 Å². The van der Waals surface area contributed by atoms with Gasteiger partial charge in [0.15, 0.2) is 0 Å². The van der Waals surface area contributed by atoms with Crippen molar-refractivity contribution in [2.45, 2.75) is 25.9 Å². The number of aliphatic hydroxyl groups is 1. The van der Waals surface area contributed by atoms with Crippen LogP contribution in [0.4, 0.5) is 0 Å². The van der Waals surface area contributed by atoms with E-state index >= 15 is 0 Å². The van der Waals surface area contributed by atoms with Crippen LogP contribution >= 0.6 is 0 Å². The summed E-state index contributed by atoms with van der Waals surface area (Å²) < 4.78 is 5.32. The number of esters is 1. The van der Waals surface area contributed by atoms with Gasteiger partial charge in [-0.15, -0.1) is 0 Å². The molecule has 0 heterocycles. The zero-order chi connectivity index (χ0) is 14.1. The molecule has 19 heavy (non-hydrogen) atoms. The number of rotatable bonds is 7. The van der Waals surface area contributed by atoms with Gasteiger partial charge in [-0.1, -0.05) is 36.9 Å². The predicted molar refractivity (Wildman–Crippen MR) is 75.9 cm³/mol. The van der Waals surface area contributed by atoms with Crippen LogP contribution in [0.3, 0.4) is 0 Å². The number of unbranched alkanes of at least 4 members (excludes halogenated alkanes) is 1. The Morgan fingerprint density at radius 1 is 1.42 bits per heavy atom. The largest absolute Gasteiger partial charge is 0.454 e. The summed E-state index contributed by atoms with van der Waals surface area (Å²) in [6.07, 6.45) is 4.90. The molecule has 0 radical (unpaired) electrons. The Labute approximate surface area is 114 Å². The van der Waals surface area contributed by atoms with Gasteiger partial charge in [0.1, 0.15) is 6.10 Å². The second kappa shape index (κ2) is 8.27. The zero-order valence-corrected chi connectivity index (χ0v) is 11.2. The fraction of sp³-hybridized carbons (Fsp3) is 0.312. The molecule has 1 unspecified atom stereocenters. The maximum absolute atomic E-state index is 11.8. The van der Waals surface area contributed by atoms with Gasteiger partial charge in [0.2, 0.25) is 0 Å². The number of allylic oxidation sites excluding steroid dienone is 1. The fourth-order valence-corrected chi connectivity index (χ4v) is 1.46. The van der Waals surface area contributed by atoms with Crippen molar-refractivity contribution < 1.29 is 14.6 Å². The van der Waals surface area contributed by atoms with Gasteiger partial charge in [-0.2, -0.15) is 0 Å². The average molecular weight is 260 g/mol. The second-order valence-corrected chi connectivity index (χ2v) is 4.26. The smallest absolute Gasteiger partial charge is 0.338 e. The summed E-state index contributed by atoms with van der Waals surface area (Å²) in [6.45, 7) is 5.84. The maximum Gasteiger partial charge on any atom is 0.338 e. The van der Waals surface area contributed by atoms with E-state index in [2.05, 4.69) is 6.58 Å². The third kappa shape index (κ3) is 5.53. The minimum Gasteiger partial charge on any atom is -0.454 e. The van der Waals surface area contributed by atoms with Crippen LogP contribution in [0.2, 0.25) is 0 Å². The molecule has 1 aromatic carbocycles. The van der Waals surface area contributed by atoms with Crippen LogP contribution in [-0.4, -0.2) is 23.8 Å². The summed E-state index contributed by atoms with van der Waals surface area (Å²) in [4.78, 5) is 11.8. The van der Waals surface area contributed by atoms with Gasteiger partial charge >= 0.3 is 5.97 Å². The van der Waals surface area contributed by atoms with E-state index in [-0.39, 0.29) is 18.7 Å². The Bertz CT molecular complexity index is 435. The number of carbonyl (C=O) groups excluding carboxylic acids is 1. The fourth-order valence-electron chi connectivity index (χ4n) is 1.46. The lowest BCUT2D eigenvalue weighted by Gasteiger charge is -2.13. The van der Waals surface area contributed by atoms with E-state index in [1.807, 2.05) is 18.2 Å². The van der Waals surface area contributed by atoms with E-state index in [0.29, 0.717) is 5.56 Å². The van der Waals surface area contributed by atoms with Crippen molar-refractivity contribution in [3.05, 3.63) is 60.2 Å². The van der Waals surface area contributed by atoms with E-state index in [1.54, 1.807) is 31.2 Å². The molecule has 0 saturated carbocycles. The lowest BCUT2D eigenvalue weighted by Crippen LogP contribution is -2.16. The zero-order valence-electron chi connectivity index (χ0n) is 11.2. The molecule has 0 aliphatic rings. The molecule has 0 aromatic heterocycles. The van der Waals surface area contributed by atoms with Crippen LogP contribution in [0.1, 0.15) is 30.1 Å². The van der Waals surface area contributed by atoms with E-state index in [4.69, 9.17) is 9.84 Å². The molecule has 0 bridgehead atoms. The van der Waals surface area contributed by atoms with Gasteiger partial charge in [-0.05, 0) is 37.5 Å². The summed E-state index contributed by atoms with van der Waals surface area (Å²) in [5.41, 5.74) is 1.27. The van der Waals surface area contributed by atoms with Gasteiger partial charge in [0.05, 0.1) is 5.56 Å². The minimum atomic E-state index is -0.363. The monoisotopic (exact) mass is 260 g/mol. The first kappa shape index (κ1) is 15.2. The number of aliphatic hydroxyl groups excluding tert-OH is 1. The average Bonchev–Trinajstić information content (AvgIpc) is 2.44. The molecule has 102 valence electrons. The molecule has 0 aliphatic heterocycles. The maximum atomic E-state index is 11.8. The molecule has 1 N–H and O–H groups in total. The van der Waals surface area contributed by atoms with Crippen molar-refractivity contribution in [2.75, 3.05) is 6.61 Å². The highest BCUT2D eigenvalue weighted by Gasteiger charge is 2.12. The second-order valence-electron chi connectivity index (χ2n) is 4.26. The molecule has 0 fully saturated rings. The van der Waals surface area contributed by atoms with Crippen molar-refractivity contribution in [2.24, 2.45) is 0 Å². The number of hydrogen-bond donors (Lipinski definition) is 1. The number of hydrogen-bond acceptors (Lipinski definition) is 3. The van der Waals surface area contributed by atoms with Crippen LogP contribution in [-0.2, 0) is 4.74 Å². The van der Waals surface area contributed by atoms with Crippen LogP contribution < -0.4 is 0 Å². The van der Waals surface area contributed by atoms with Gasteiger partial charge in [0.25, 0.3) is 0 Å². The molecule has 0 saturated heterocycles. The van der Waals surface area contributed by atoms with E-state index in [9.17, 15) is 4.79 Å². The quantitative estimate of drug-likeness (QED) is 0.465. The van der Waals surface area contributed by atoms with Crippen LogP contribution in [0.25, 0.3) is 0 Å². The lowest BCUT2D eigenvalue weighted by atomic mass is 10.1. The Kier molecular flexibility index (Phi) is 6.61. The topological polar surface area (TPSA) is 46.5 Å². The number of carbonyl (C=O) groups is 1. The Hall–Kier alpha value is -1.87. The molecular formula is C16H20O3. The molecular weight excluding hydrogens is 240 g/mol. The molecule has 0 aliphatic carbocycles. The van der Waals surface area contributed by atoms with E-state index < -0.39 is 0 Å². The van der Waals surface area contributed by atoms with Crippen molar-refractivity contribution in [3.8, 4) is 0 Å². The van der Waals surface area contributed by atoms with E-state index in [1.165, 1.54) is 0 Å². The third-order valence-electron chi connectivity index (χ3n) is 2.68. The Morgan fingerprint density at radius 3 is 2.74 bits per heavy atom. The van der Waals surface area contributed by atoms with Crippen LogP contribution in [0, 0.1) is 0 Å². The number of benzene rings is 1. The van der Waals surface area contributed by atoms with E-state index in [0.717, 1.165) is 18.4 Å². The first-order chi connectivity index (χ1) is 9.15. The first-order valence-electron chi connectivity index (χ1n) is 6.37. The van der Waals surface area contributed by atoms with Crippen molar-refractivity contribution in [1.82, 2.24) is 0 Å². The summed E-state index contributed by atoms with van der Waals surface area (Å²) in [5, 5.41) is 8.66. The molecule has 1 aromatic rings. The number of ether oxygens (including phenoxy) is 1. The minimum absolute atomic E-state index is 0.176. The predicted octanol–water partition coefficient (Wildman–Crippen LogP) is 3.12. The molecule has 1 atom stereocenters. The van der Waals surface area contributed by atoms with Crippen LogP contribution in [0.15, 0.2) is 54.6 Å². The molecule has 0 amide bonds. The van der Waals surface area contributed by atoms with Gasteiger partial charge < -0.3 is 9.84 Å². The van der Waals surface area contributed by atoms with Gasteiger partial charge in [-0.3, -0.25) is 0 Å². The molecule has 3 nitrogen and oxygen atoms in total. The summed E-state index contributed by atoms with van der Waals surface area (Å²) >= 11 is 0. The Balaban J connectivity index is 2.46. The third-order valence-corrected chi connectivity index (χ3v) is 2.68. The van der Waals surface area contributed by atoms with Crippen LogP contribution in [0.5, 0.6) is 0 Å². The molecule has 1 rings (SSSR count). The summed E-state index contributed by atoms with van der Waals surface area (Å²) in [6, 6.07) is 8.88. The Morgan fingerprint density at radius 2 is 2.11 bits per heavy atom. The molecule has 3 heteroatoms. The lowest BCUT2D eigenvalue weighted by molar-refractivity contribution is 0.0412. The van der Waals surface area contributed by atoms with Crippen molar-refractivity contribution in [1.29, 1.82) is 0 Å². The normalized spacial score (nSPS) is 12.3.